The molecule has 1 aromatic heterocycles. The summed E-state index contributed by atoms with van der Waals surface area (Å²) in [5, 5.41) is 0. The van der Waals surface area contributed by atoms with E-state index in [1.807, 2.05) is 12.5 Å². The first-order chi connectivity index (χ1) is 16.7. The number of aromatic nitrogens is 2. The maximum absolute atomic E-state index is 4.28. The molecule has 0 aliphatic heterocycles. The summed E-state index contributed by atoms with van der Waals surface area (Å²) >= 11 is 0. The molecule has 2 nitrogen and oxygen atoms in total. The van der Waals surface area contributed by atoms with Gasteiger partial charge < -0.3 is 4.57 Å². The normalized spacial score (nSPS) is 12.5. The van der Waals surface area contributed by atoms with Crippen LogP contribution in [0.3, 0.4) is 0 Å². The third kappa shape index (κ3) is 12.2. The molecule has 0 N–H and O–H groups in total. The van der Waals surface area contributed by atoms with Gasteiger partial charge in [-0.2, -0.15) is 0 Å². The van der Waals surface area contributed by atoms with E-state index in [0.717, 1.165) is 5.92 Å². The molecule has 0 fully saturated rings. The van der Waals surface area contributed by atoms with Crippen molar-refractivity contribution >= 4 is 0 Å². The van der Waals surface area contributed by atoms with Crippen molar-refractivity contribution in [1.82, 2.24) is 9.55 Å². The monoisotopic (exact) mass is 466 g/mol. The Labute approximate surface area is 212 Å². The lowest BCUT2D eigenvalue weighted by Gasteiger charge is -2.22. The Morgan fingerprint density at radius 1 is 0.676 bits per heavy atom. The third-order valence-electron chi connectivity index (χ3n) is 7.41. The van der Waals surface area contributed by atoms with E-state index in [1.165, 1.54) is 127 Å². The summed E-state index contributed by atoms with van der Waals surface area (Å²) in [4.78, 5) is 4.28. The molecular weight excluding hydrogens is 412 g/mol. The number of hydrogen-bond donors (Lipinski definition) is 0. The summed E-state index contributed by atoms with van der Waals surface area (Å²) < 4.78 is 2.18. The van der Waals surface area contributed by atoms with Crippen molar-refractivity contribution in [2.45, 2.75) is 142 Å². The van der Waals surface area contributed by atoms with Crippen molar-refractivity contribution in [1.29, 1.82) is 0 Å². The summed E-state index contributed by atoms with van der Waals surface area (Å²) in [6, 6.07) is 8.98. The molecule has 0 spiro atoms. The summed E-state index contributed by atoms with van der Waals surface area (Å²) in [6.45, 7) is 7.01. The lowest BCUT2D eigenvalue weighted by Crippen LogP contribution is -2.06. The van der Waals surface area contributed by atoms with E-state index in [1.54, 1.807) is 0 Å². The molecule has 0 aliphatic rings. The third-order valence-corrected chi connectivity index (χ3v) is 7.41. The van der Waals surface area contributed by atoms with E-state index in [2.05, 4.69) is 60.8 Å². The molecule has 1 aromatic carbocycles. The van der Waals surface area contributed by atoms with Crippen LogP contribution in [0, 0.1) is 5.92 Å². The van der Waals surface area contributed by atoms with Crippen molar-refractivity contribution in [3.8, 4) is 5.69 Å². The van der Waals surface area contributed by atoms with Crippen LogP contribution in [0.4, 0.5) is 0 Å². The van der Waals surface area contributed by atoms with Crippen molar-refractivity contribution in [3.05, 3.63) is 48.5 Å². The highest BCUT2D eigenvalue weighted by molar-refractivity contribution is 5.43. The van der Waals surface area contributed by atoms with Gasteiger partial charge in [-0.1, -0.05) is 142 Å². The van der Waals surface area contributed by atoms with Crippen molar-refractivity contribution < 1.29 is 0 Å². The molecule has 1 heterocycles. The van der Waals surface area contributed by atoms with Crippen molar-refractivity contribution in [2.75, 3.05) is 0 Å². The molecule has 0 radical (unpaired) electrons. The lowest BCUT2D eigenvalue weighted by molar-refractivity contribution is 0.458. The van der Waals surface area contributed by atoms with Crippen LogP contribution in [0.15, 0.2) is 43.0 Å². The molecule has 192 valence electrons. The minimum absolute atomic E-state index is 0.656. The first-order valence-corrected chi connectivity index (χ1v) is 14.8. The number of para-hydroxylation sites is 1. The Morgan fingerprint density at radius 2 is 1.24 bits per heavy atom. The molecule has 0 aliphatic carbocycles. The SMILES string of the molecule is CCCCCCCCCCCCCCCCC[C@@H](CCC(C)C)c1ccccc1-n1ccnc1. The van der Waals surface area contributed by atoms with E-state index >= 15 is 0 Å². The number of rotatable bonds is 21. The molecule has 1 atom stereocenters. The summed E-state index contributed by atoms with van der Waals surface area (Å²) in [6.07, 6.45) is 31.3. The Balaban J connectivity index is 1.61. The van der Waals surface area contributed by atoms with Gasteiger partial charge in [0.25, 0.3) is 0 Å². The predicted octanol–water partition coefficient (Wildman–Crippen LogP) is 10.7. The zero-order valence-corrected chi connectivity index (χ0v) is 22.8. The van der Waals surface area contributed by atoms with Gasteiger partial charge in [-0.15, -0.1) is 0 Å². The molecule has 2 rings (SSSR count). The second-order valence-electron chi connectivity index (χ2n) is 10.9. The number of hydrogen-bond acceptors (Lipinski definition) is 1. The summed E-state index contributed by atoms with van der Waals surface area (Å²) in [5.74, 6) is 1.42. The number of unbranched alkanes of at least 4 members (excludes halogenated alkanes) is 14. The molecule has 0 saturated carbocycles. The molecule has 2 aromatic rings. The minimum Gasteiger partial charge on any atom is -0.306 e. The topological polar surface area (TPSA) is 17.8 Å². The van der Waals surface area contributed by atoms with Gasteiger partial charge in [-0.25, -0.2) is 4.98 Å². The molecule has 0 saturated heterocycles. The molecule has 0 bridgehead atoms. The van der Waals surface area contributed by atoms with Crippen LogP contribution in [0.2, 0.25) is 0 Å². The highest BCUT2D eigenvalue weighted by atomic mass is 15.0. The second-order valence-corrected chi connectivity index (χ2v) is 10.9. The fourth-order valence-corrected chi connectivity index (χ4v) is 5.22. The lowest BCUT2D eigenvalue weighted by atomic mass is 9.86. The smallest absolute Gasteiger partial charge is 0.0991 e. The Kier molecular flexibility index (Phi) is 15.8. The maximum atomic E-state index is 4.28. The highest BCUT2D eigenvalue weighted by Gasteiger charge is 2.16. The van der Waals surface area contributed by atoms with Gasteiger partial charge in [0.15, 0.2) is 0 Å². The van der Waals surface area contributed by atoms with Gasteiger partial charge in [0.2, 0.25) is 0 Å². The largest absolute Gasteiger partial charge is 0.306 e. The summed E-state index contributed by atoms with van der Waals surface area (Å²) in [7, 11) is 0. The van der Waals surface area contributed by atoms with Gasteiger partial charge in [0.1, 0.15) is 0 Å². The molecule has 34 heavy (non-hydrogen) atoms. The van der Waals surface area contributed by atoms with E-state index in [0.29, 0.717) is 5.92 Å². The van der Waals surface area contributed by atoms with Gasteiger partial charge >= 0.3 is 0 Å². The fourth-order valence-electron chi connectivity index (χ4n) is 5.22. The number of nitrogens with zero attached hydrogens (tertiary/aromatic N) is 2. The average molecular weight is 467 g/mol. The highest BCUT2D eigenvalue weighted by Crippen LogP contribution is 2.33. The van der Waals surface area contributed by atoms with Crippen LogP contribution in [-0.2, 0) is 0 Å². The summed E-state index contributed by atoms with van der Waals surface area (Å²) in [5.41, 5.74) is 2.82. The van der Waals surface area contributed by atoms with E-state index in [4.69, 9.17) is 0 Å². The first-order valence-electron chi connectivity index (χ1n) is 14.8. The van der Waals surface area contributed by atoms with E-state index < -0.39 is 0 Å². The number of imidazole rings is 1. The minimum atomic E-state index is 0.656. The van der Waals surface area contributed by atoms with Gasteiger partial charge in [0.05, 0.1) is 6.33 Å². The predicted molar refractivity (Wildman–Crippen MR) is 150 cm³/mol. The van der Waals surface area contributed by atoms with Crippen LogP contribution in [0.25, 0.3) is 5.69 Å². The maximum Gasteiger partial charge on any atom is 0.0991 e. The van der Waals surface area contributed by atoms with Gasteiger partial charge in [-0.05, 0) is 36.3 Å². The molecule has 0 unspecified atom stereocenters. The second kappa shape index (κ2) is 18.7. The van der Waals surface area contributed by atoms with E-state index in [9.17, 15) is 0 Å². The number of benzene rings is 1. The standard InChI is InChI=1S/C32H54N2/c1-4-5-6-7-8-9-10-11-12-13-14-15-16-17-18-21-30(25-24-29(2)3)31-22-19-20-23-32(31)34-27-26-33-28-34/h19-20,22-23,26-30H,4-18,21,24-25H2,1-3H3/t30-/m0/s1. The quantitative estimate of drug-likeness (QED) is 0.167. The molecular formula is C32H54N2. The zero-order valence-electron chi connectivity index (χ0n) is 22.8. The van der Waals surface area contributed by atoms with Crippen LogP contribution in [-0.4, -0.2) is 9.55 Å². The fraction of sp³-hybridized carbons (Fsp3) is 0.719. The molecule has 0 amide bonds. The van der Waals surface area contributed by atoms with Crippen LogP contribution in [0.5, 0.6) is 0 Å². The van der Waals surface area contributed by atoms with Crippen molar-refractivity contribution in [2.24, 2.45) is 5.92 Å². The van der Waals surface area contributed by atoms with Gasteiger partial charge in [0, 0.05) is 18.1 Å². The van der Waals surface area contributed by atoms with E-state index in [-0.39, 0.29) is 0 Å². The van der Waals surface area contributed by atoms with Crippen molar-refractivity contribution in [3.63, 3.8) is 0 Å². The first kappa shape index (κ1) is 28.7. The Bertz CT molecular complexity index is 704. The van der Waals surface area contributed by atoms with Crippen LogP contribution in [0.1, 0.15) is 148 Å². The molecule has 2 heteroatoms. The van der Waals surface area contributed by atoms with Gasteiger partial charge in [-0.3, -0.25) is 0 Å². The Morgan fingerprint density at radius 3 is 1.76 bits per heavy atom. The average Bonchev–Trinajstić information content (AvgIpc) is 3.38. The van der Waals surface area contributed by atoms with Crippen LogP contribution >= 0.6 is 0 Å². The van der Waals surface area contributed by atoms with Crippen LogP contribution < -0.4 is 0 Å². The Hall–Kier alpha value is -1.57. The zero-order chi connectivity index (χ0) is 24.3.